The van der Waals surface area contributed by atoms with E-state index >= 15 is 0 Å². The maximum absolute atomic E-state index is 14.9. The summed E-state index contributed by atoms with van der Waals surface area (Å²) in [4.78, 5) is 9.45. The molecule has 1 aromatic carbocycles. The van der Waals surface area contributed by atoms with E-state index in [-0.39, 0.29) is 18.0 Å². The van der Waals surface area contributed by atoms with Gasteiger partial charge in [-0.3, -0.25) is 0 Å². The van der Waals surface area contributed by atoms with Gasteiger partial charge in [-0.1, -0.05) is 25.1 Å². The van der Waals surface area contributed by atoms with Crippen LogP contribution >= 0.6 is 0 Å². The van der Waals surface area contributed by atoms with Crippen LogP contribution in [-0.2, 0) is 26.5 Å². The lowest BCUT2D eigenvalue weighted by atomic mass is 9.72. The van der Waals surface area contributed by atoms with Gasteiger partial charge in [0.15, 0.2) is 0 Å². The molecule has 8 nitrogen and oxygen atoms in total. The zero-order valence-corrected chi connectivity index (χ0v) is 18.3. The summed E-state index contributed by atoms with van der Waals surface area (Å²) >= 11 is 0. The van der Waals surface area contributed by atoms with Gasteiger partial charge in [0, 0.05) is 38.2 Å². The van der Waals surface area contributed by atoms with Crippen molar-refractivity contribution in [1.29, 1.82) is 0 Å². The number of halogens is 2. The third kappa shape index (κ3) is 4.32. The molecule has 0 spiro atoms. The van der Waals surface area contributed by atoms with Crippen LogP contribution in [0.15, 0.2) is 36.0 Å². The van der Waals surface area contributed by atoms with E-state index in [0.717, 1.165) is 12.1 Å². The summed E-state index contributed by atoms with van der Waals surface area (Å²) in [6.07, 6.45) is 3.79. The zero-order valence-electron chi connectivity index (χ0n) is 18.3. The molecule has 1 aliphatic carbocycles. The van der Waals surface area contributed by atoms with E-state index in [9.17, 15) is 13.9 Å². The van der Waals surface area contributed by atoms with E-state index in [1.54, 1.807) is 6.92 Å². The summed E-state index contributed by atoms with van der Waals surface area (Å²) in [5.41, 5.74) is -2.29. The Balaban J connectivity index is 2.12. The monoisotopic (exact) mass is 438 g/mol. The molecule has 1 unspecified atom stereocenters. The van der Waals surface area contributed by atoms with Crippen molar-refractivity contribution in [3.8, 4) is 0 Å². The molecule has 170 valence electrons. The normalized spacial score (nSPS) is 18.2. The van der Waals surface area contributed by atoms with Crippen LogP contribution in [0.4, 0.5) is 8.78 Å². The molecule has 0 radical (unpaired) electrons. The summed E-state index contributed by atoms with van der Waals surface area (Å²) < 4.78 is 40.4. The first kappa shape index (κ1) is 23.2. The fraction of sp³-hybridized carbons (Fsp3) is 0.571. The highest BCUT2D eigenvalue weighted by Crippen LogP contribution is 2.61. The Labute approximate surface area is 179 Å². The Morgan fingerprint density at radius 3 is 2.45 bits per heavy atom. The molecule has 1 N–H and O–H groups in total. The van der Waals surface area contributed by atoms with E-state index in [1.807, 2.05) is 13.8 Å². The minimum absolute atomic E-state index is 0.0449. The third-order valence-corrected chi connectivity index (χ3v) is 5.86. The highest BCUT2D eigenvalue weighted by atomic mass is 19.1. The number of oxime groups is 1. The SMILES string of the molecule is COC(C)(OC)O/N=C(/C(C)C)C1(C(O)(Cn2cncn2)c2ccc(F)cc2F)CC1. The number of rotatable bonds is 10. The average molecular weight is 438 g/mol. The lowest BCUT2D eigenvalue weighted by molar-refractivity contribution is -0.351. The fourth-order valence-corrected chi connectivity index (χ4v) is 3.91. The number of aliphatic hydroxyl groups is 1. The van der Waals surface area contributed by atoms with Gasteiger partial charge in [0.1, 0.15) is 29.9 Å². The van der Waals surface area contributed by atoms with Crippen LogP contribution in [0.5, 0.6) is 0 Å². The van der Waals surface area contributed by atoms with Crippen molar-refractivity contribution in [2.45, 2.75) is 51.7 Å². The highest BCUT2D eigenvalue weighted by molar-refractivity contribution is 5.95. The fourth-order valence-electron chi connectivity index (χ4n) is 3.91. The molecular formula is C21H28F2N4O4. The van der Waals surface area contributed by atoms with E-state index < -0.39 is 28.6 Å². The minimum Gasteiger partial charge on any atom is -0.382 e. The largest absolute Gasteiger partial charge is 0.382 e. The Kier molecular flexibility index (Phi) is 6.45. The zero-order chi connectivity index (χ0) is 22.9. The predicted molar refractivity (Wildman–Crippen MR) is 108 cm³/mol. The van der Waals surface area contributed by atoms with E-state index in [2.05, 4.69) is 15.2 Å². The molecule has 1 aromatic heterocycles. The molecule has 2 aromatic rings. The number of benzene rings is 1. The van der Waals surface area contributed by atoms with Gasteiger partial charge in [0.05, 0.1) is 12.3 Å². The lowest BCUT2D eigenvalue weighted by Gasteiger charge is -2.39. The van der Waals surface area contributed by atoms with Crippen LogP contribution in [0.1, 0.15) is 39.2 Å². The summed E-state index contributed by atoms with van der Waals surface area (Å²) in [6.45, 7) is 5.24. The lowest BCUT2D eigenvalue weighted by Crippen LogP contribution is -2.47. The second kappa shape index (κ2) is 8.60. The van der Waals surface area contributed by atoms with Crippen LogP contribution in [-0.4, -0.2) is 45.8 Å². The first-order chi connectivity index (χ1) is 14.6. The van der Waals surface area contributed by atoms with Crippen LogP contribution < -0.4 is 0 Å². The maximum Gasteiger partial charge on any atom is 0.346 e. The van der Waals surface area contributed by atoms with Crippen molar-refractivity contribution in [1.82, 2.24) is 14.8 Å². The molecule has 1 fully saturated rings. The summed E-state index contributed by atoms with van der Waals surface area (Å²) in [5, 5.41) is 20.4. The van der Waals surface area contributed by atoms with Crippen molar-refractivity contribution in [2.24, 2.45) is 16.5 Å². The molecule has 1 atom stereocenters. The summed E-state index contributed by atoms with van der Waals surface area (Å²) in [7, 11) is 2.83. The molecule has 3 rings (SSSR count). The number of aromatic nitrogens is 3. The average Bonchev–Trinajstić information content (AvgIpc) is 3.37. The molecule has 0 saturated heterocycles. The first-order valence-electron chi connectivity index (χ1n) is 9.98. The molecule has 1 saturated carbocycles. The van der Waals surface area contributed by atoms with Gasteiger partial charge < -0.3 is 19.4 Å². The Morgan fingerprint density at radius 2 is 1.97 bits per heavy atom. The van der Waals surface area contributed by atoms with Crippen molar-refractivity contribution >= 4 is 5.71 Å². The third-order valence-electron chi connectivity index (χ3n) is 5.86. The van der Waals surface area contributed by atoms with Gasteiger partial charge in [0.2, 0.25) is 0 Å². The van der Waals surface area contributed by atoms with Crippen molar-refractivity contribution in [3.05, 3.63) is 48.1 Å². The van der Waals surface area contributed by atoms with E-state index in [0.29, 0.717) is 18.6 Å². The molecule has 31 heavy (non-hydrogen) atoms. The number of hydrogen-bond acceptors (Lipinski definition) is 7. The predicted octanol–water partition coefficient (Wildman–Crippen LogP) is 3.22. The van der Waals surface area contributed by atoms with Crippen LogP contribution in [0.2, 0.25) is 0 Å². The van der Waals surface area contributed by atoms with Crippen molar-refractivity contribution in [2.75, 3.05) is 14.2 Å². The standard InChI is InChI=1S/C21H28F2N4O4/c1-14(2)18(26-31-19(3,29-4)30-5)20(8-9-20)21(28,11-27-13-24-12-25-27)16-7-6-15(22)10-17(16)23/h6-7,10,12-14,28H,8-9,11H2,1-5H3/b26-18-. The molecular weight excluding hydrogens is 410 g/mol. The van der Waals surface area contributed by atoms with Crippen molar-refractivity contribution < 1.29 is 28.2 Å². The highest BCUT2D eigenvalue weighted by Gasteiger charge is 2.64. The molecule has 0 aliphatic heterocycles. The molecule has 0 amide bonds. The Morgan fingerprint density at radius 1 is 1.29 bits per heavy atom. The Hall–Kier alpha value is -2.43. The summed E-state index contributed by atoms with van der Waals surface area (Å²) in [6, 6.07) is 3.14. The van der Waals surface area contributed by atoms with Crippen LogP contribution in [0.3, 0.4) is 0 Å². The number of hydrogen-bond donors (Lipinski definition) is 1. The molecule has 1 heterocycles. The van der Waals surface area contributed by atoms with Gasteiger partial charge in [-0.05, 0) is 24.8 Å². The van der Waals surface area contributed by atoms with E-state index in [1.165, 1.54) is 37.6 Å². The number of methoxy groups -OCH3 is 2. The van der Waals surface area contributed by atoms with Crippen LogP contribution in [0, 0.1) is 23.0 Å². The first-order valence-corrected chi connectivity index (χ1v) is 9.98. The summed E-state index contributed by atoms with van der Waals surface area (Å²) in [5.74, 6) is -3.17. The molecule has 1 aliphatic rings. The van der Waals surface area contributed by atoms with Gasteiger partial charge in [-0.25, -0.2) is 18.4 Å². The van der Waals surface area contributed by atoms with Gasteiger partial charge >= 0.3 is 5.97 Å². The van der Waals surface area contributed by atoms with Gasteiger partial charge in [0.25, 0.3) is 0 Å². The minimum atomic E-state index is -1.79. The molecule has 10 heteroatoms. The smallest absolute Gasteiger partial charge is 0.346 e. The van der Waals surface area contributed by atoms with E-state index in [4.69, 9.17) is 14.3 Å². The Bertz CT molecular complexity index is 927. The van der Waals surface area contributed by atoms with Gasteiger partial charge in [-0.15, -0.1) is 0 Å². The number of nitrogens with zero attached hydrogens (tertiary/aromatic N) is 4. The molecule has 0 bridgehead atoms. The maximum atomic E-state index is 14.9. The number of ether oxygens (including phenoxy) is 2. The quantitative estimate of drug-likeness (QED) is 0.348. The second-order valence-electron chi connectivity index (χ2n) is 8.15. The van der Waals surface area contributed by atoms with Crippen molar-refractivity contribution in [3.63, 3.8) is 0 Å². The topological polar surface area (TPSA) is 91.0 Å². The van der Waals surface area contributed by atoms with Gasteiger partial charge in [-0.2, -0.15) is 5.10 Å². The second-order valence-corrected chi connectivity index (χ2v) is 8.15. The van der Waals surface area contributed by atoms with Crippen LogP contribution in [0.25, 0.3) is 0 Å².